The van der Waals surface area contributed by atoms with E-state index in [2.05, 4.69) is 0 Å². The fourth-order valence-corrected chi connectivity index (χ4v) is 2.47. The highest BCUT2D eigenvalue weighted by molar-refractivity contribution is 5.88. The number of hydrogen-bond donors (Lipinski definition) is 1. The first-order valence-electron chi connectivity index (χ1n) is 6.28. The van der Waals surface area contributed by atoms with Gasteiger partial charge in [0.05, 0.1) is 18.1 Å². The minimum atomic E-state index is -3.18. The molecule has 1 saturated carbocycles. The first kappa shape index (κ1) is 13.7. The van der Waals surface area contributed by atoms with Crippen LogP contribution in [-0.2, 0) is 0 Å². The molecule has 0 radical (unpaired) electrons. The zero-order valence-electron chi connectivity index (χ0n) is 11.0. The molecule has 2 aromatic rings. The summed E-state index contributed by atoms with van der Waals surface area (Å²) in [4.78, 5) is 25.8. The number of rotatable bonds is 3. The molecule has 21 heavy (non-hydrogen) atoms. The first-order valence-corrected chi connectivity index (χ1v) is 6.28. The van der Waals surface area contributed by atoms with Gasteiger partial charge in [-0.2, -0.15) is 0 Å². The van der Waals surface area contributed by atoms with E-state index in [0.29, 0.717) is 12.8 Å². The number of hydrogen-bond acceptors (Lipinski definition) is 3. The second kappa shape index (κ2) is 4.64. The zero-order valence-corrected chi connectivity index (χ0v) is 11.0. The second-order valence-electron chi connectivity index (χ2n) is 4.86. The lowest BCUT2D eigenvalue weighted by Gasteiger charge is -2.15. The maximum absolute atomic E-state index is 13.8. The van der Waals surface area contributed by atoms with E-state index < -0.39 is 34.4 Å². The van der Waals surface area contributed by atoms with Crippen molar-refractivity contribution in [2.24, 2.45) is 0 Å². The molecular formula is C13H11F3N2O3. The Kier molecular flexibility index (Phi) is 3.03. The van der Waals surface area contributed by atoms with Gasteiger partial charge < -0.3 is 4.74 Å². The Balaban J connectivity index is 2.58. The van der Waals surface area contributed by atoms with Crippen molar-refractivity contribution in [2.75, 3.05) is 7.11 Å². The molecular weight excluding hydrogens is 289 g/mol. The van der Waals surface area contributed by atoms with Crippen molar-refractivity contribution in [3.8, 4) is 5.75 Å². The SMILES string of the molecule is COc1cc(F)c(C(F)F)c2c(=O)[nH]c(=O)n(C3CC3)c12. The summed E-state index contributed by atoms with van der Waals surface area (Å²) < 4.78 is 46.2. The van der Waals surface area contributed by atoms with Gasteiger partial charge in [0, 0.05) is 12.1 Å². The number of H-pyrrole nitrogens is 1. The fraction of sp³-hybridized carbons (Fsp3) is 0.385. The summed E-state index contributed by atoms with van der Waals surface area (Å²) in [6, 6.07) is 0.587. The largest absolute Gasteiger partial charge is 0.494 e. The molecule has 3 rings (SSSR count). The van der Waals surface area contributed by atoms with Gasteiger partial charge in [-0.1, -0.05) is 0 Å². The van der Waals surface area contributed by atoms with Crippen LogP contribution < -0.4 is 16.0 Å². The summed E-state index contributed by atoms with van der Waals surface area (Å²) in [7, 11) is 1.22. The summed E-state index contributed by atoms with van der Waals surface area (Å²) in [5, 5.41) is -0.534. The minimum Gasteiger partial charge on any atom is -0.494 e. The Labute approximate surface area is 116 Å². The number of aromatic amines is 1. The van der Waals surface area contributed by atoms with E-state index in [1.165, 1.54) is 11.7 Å². The molecule has 1 fully saturated rings. The quantitative estimate of drug-likeness (QED) is 0.944. The molecule has 0 saturated heterocycles. The predicted molar refractivity (Wildman–Crippen MR) is 68.6 cm³/mol. The minimum absolute atomic E-state index is 0.0783. The monoisotopic (exact) mass is 300 g/mol. The van der Waals surface area contributed by atoms with E-state index in [0.717, 1.165) is 6.07 Å². The Bertz CT molecular complexity index is 837. The molecule has 0 atom stereocenters. The number of aromatic nitrogens is 2. The number of benzene rings is 1. The van der Waals surface area contributed by atoms with Gasteiger partial charge in [0.1, 0.15) is 17.1 Å². The zero-order chi connectivity index (χ0) is 15.3. The normalized spacial score (nSPS) is 14.9. The van der Waals surface area contributed by atoms with Gasteiger partial charge in [-0.15, -0.1) is 0 Å². The van der Waals surface area contributed by atoms with Gasteiger partial charge in [0.2, 0.25) is 0 Å². The highest BCUT2D eigenvalue weighted by Crippen LogP contribution is 2.40. The van der Waals surface area contributed by atoms with Crippen LogP contribution in [0.5, 0.6) is 5.75 Å². The van der Waals surface area contributed by atoms with Crippen molar-refractivity contribution in [3.63, 3.8) is 0 Å². The molecule has 0 unspecified atom stereocenters. The van der Waals surface area contributed by atoms with Crippen LogP contribution in [0.15, 0.2) is 15.7 Å². The van der Waals surface area contributed by atoms with Gasteiger partial charge >= 0.3 is 5.69 Å². The standard InChI is InChI=1S/C13H11F3N2O3/c1-21-7-4-6(14)8(11(15)16)9-10(7)18(5-2-3-5)13(20)17-12(9)19/h4-5,11H,2-3H2,1H3,(H,17,19,20). The summed E-state index contributed by atoms with van der Waals surface area (Å²) in [5.41, 5.74) is -2.84. The third kappa shape index (κ3) is 2.01. The molecule has 8 heteroatoms. The number of alkyl halides is 2. The van der Waals surface area contributed by atoms with Crippen LogP contribution in [-0.4, -0.2) is 16.7 Å². The van der Waals surface area contributed by atoms with Crippen molar-refractivity contribution >= 4 is 10.9 Å². The van der Waals surface area contributed by atoms with Crippen molar-refractivity contribution in [1.82, 2.24) is 9.55 Å². The summed E-state index contributed by atoms with van der Waals surface area (Å²) in [6.07, 6.45) is -1.80. The van der Waals surface area contributed by atoms with Crippen LogP contribution in [0, 0.1) is 5.82 Å². The van der Waals surface area contributed by atoms with Crippen LogP contribution in [0.4, 0.5) is 13.2 Å². The van der Waals surface area contributed by atoms with Crippen LogP contribution in [0.1, 0.15) is 30.9 Å². The third-order valence-corrected chi connectivity index (χ3v) is 3.51. The summed E-state index contributed by atoms with van der Waals surface area (Å²) >= 11 is 0. The third-order valence-electron chi connectivity index (χ3n) is 3.51. The average Bonchev–Trinajstić information content (AvgIpc) is 3.22. The Hall–Kier alpha value is -2.25. The van der Waals surface area contributed by atoms with Crippen LogP contribution in [0.2, 0.25) is 0 Å². The molecule has 0 spiro atoms. The van der Waals surface area contributed by atoms with Gasteiger partial charge in [-0.25, -0.2) is 18.0 Å². The van der Waals surface area contributed by atoms with Gasteiger partial charge in [-0.3, -0.25) is 14.3 Å². The van der Waals surface area contributed by atoms with E-state index in [1.807, 2.05) is 4.98 Å². The topological polar surface area (TPSA) is 64.1 Å². The molecule has 1 N–H and O–H groups in total. The summed E-state index contributed by atoms with van der Waals surface area (Å²) in [6.45, 7) is 0. The van der Waals surface area contributed by atoms with E-state index >= 15 is 0 Å². The molecule has 5 nitrogen and oxygen atoms in total. The molecule has 1 aliphatic carbocycles. The van der Waals surface area contributed by atoms with E-state index in [1.54, 1.807) is 0 Å². The molecule has 1 aromatic heterocycles. The van der Waals surface area contributed by atoms with Crippen molar-refractivity contribution in [3.05, 3.63) is 38.3 Å². The highest BCUT2D eigenvalue weighted by atomic mass is 19.3. The molecule has 112 valence electrons. The van der Waals surface area contributed by atoms with Crippen LogP contribution in [0.25, 0.3) is 10.9 Å². The molecule has 1 aromatic carbocycles. The maximum atomic E-state index is 13.8. The van der Waals surface area contributed by atoms with Gasteiger partial charge in [0.15, 0.2) is 0 Å². The Morgan fingerprint density at radius 1 is 1.38 bits per heavy atom. The van der Waals surface area contributed by atoms with Crippen molar-refractivity contribution in [1.29, 1.82) is 0 Å². The molecule has 0 bridgehead atoms. The number of fused-ring (bicyclic) bond motifs is 1. The smallest absolute Gasteiger partial charge is 0.329 e. The number of ether oxygens (including phenoxy) is 1. The second-order valence-corrected chi connectivity index (χ2v) is 4.86. The maximum Gasteiger partial charge on any atom is 0.329 e. The molecule has 0 amide bonds. The van der Waals surface area contributed by atoms with Crippen LogP contribution in [0.3, 0.4) is 0 Å². The van der Waals surface area contributed by atoms with Gasteiger partial charge in [-0.05, 0) is 12.8 Å². The van der Waals surface area contributed by atoms with Crippen LogP contribution >= 0.6 is 0 Å². The Morgan fingerprint density at radius 3 is 2.57 bits per heavy atom. The number of nitrogens with one attached hydrogen (secondary N) is 1. The molecule has 0 aliphatic heterocycles. The van der Waals surface area contributed by atoms with E-state index in [-0.39, 0.29) is 17.3 Å². The van der Waals surface area contributed by atoms with Gasteiger partial charge in [0.25, 0.3) is 12.0 Å². The lowest BCUT2D eigenvalue weighted by Crippen LogP contribution is -2.31. The molecule has 1 heterocycles. The van der Waals surface area contributed by atoms with Crippen molar-refractivity contribution < 1.29 is 17.9 Å². The summed E-state index contributed by atoms with van der Waals surface area (Å²) in [5.74, 6) is -1.34. The Morgan fingerprint density at radius 2 is 2.05 bits per heavy atom. The molecule has 1 aliphatic rings. The van der Waals surface area contributed by atoms with Crippen molar-refractivity contribution in [2.45, 2.75) is 25.3 Å². The number of nitrogens with zero attached hydrogens (tertiary/aromatic N) is 1. The van der Waals surface area contributed by atoms with E-state index in [4.69, 9.17) is 4.74 Å². The average molecular weight is 300 g/mol. The number of methoxy groups -OCH3 is 1. The lowest BCUT2D eigenvalue weighted by atomic mass is 10.1. The van der Waals surface area contributed by atoms with E-state index in [9.17, 15) is 22.8 Å². The predicted octanol–water partition coefficient (Wildman–Crippen LogP) is 2.11. The fourth-order valence-electron chi connectivity index (χ4n) is 2.47. The lowest BCUT2D eigenvalue weighted by molar-refractivity contribution is 0.148. The first-order chi connectivity index (χ1) is 9.95. The highest BCUT2D eigenvalue weighted by Gasteiger charge is 2.31. The number of halogens is 3.